The monoisotopic (exact) mass is 517 g/mol. The summed E-state index contributed by atoms with van der Waals surface area (Å²) in [5.74, 6) is -0.0106. The molecule has 0 spiro atoms. The number of ether oxygens (including phenoxy) is 2. The third-order valence-electron chi connectivity index (χ3n) is 5.80. The maximum absolute atomic E-state index is 12.5. The number of rotatable bonds is 7. The van der Waals surface area contributed by atoms with Crippen molar-refractivity contribution in [3.8, 4) is 6.07 Å². The van der Waals surface area contributed by atoms with E-state index in [0.717, 1.165) is 6.26 Å². The highest BCUT2D eigenvalue weighted by Gasteiger charge is 2.43. The quantitative estimate of drug-likeness (QED) is 0.368. The molecule has 1 aliphatic heterocycles. The van der Waals surface area contributed by atoms with Gasteiger partial charge in [-0.25, -0.2) is 18.4 Å². The lowest BCUT2D eigenvalue weighted by molar-refractivity contribution is -0.176. The van der Waals surface area contributed by atoms with E-state index in [1.54, 1.807) is 44.5 Å². The van der Waals surface area contributed by atoms with Crippen LogP contribution in [0.5, 0.6) is 0 Å². The number of carbonyl (C=O) groups is 1. The summed E-state index contributed by atoms with van der Waals surface area (Å²) in [6, 6.07) is 8.06. The topological polar surface area (TPSA) is 170 Å². The van der Waals surface area contributed by atoms with Gasteiger partial charge in [-0.1, -0.05) is 0 Å². The molecule has 1 aromatic heterocycles. The average Bonchev–Trinajstić information content (AvgIpc) is 3.09. The van der Waals surface area contributed by atoms with E-state index >= 15 is 0 Å². The van der Waals surface area contributed by atoms with Crippen LogP contribution in [-0.2, 0) is 29.8 Å². The van der Waals surface area contributed by atoms with Crippen molar-refractivity contribution in [1.82, 2.24) is 9.78 Å². The minimum atomic E-state index is -3.82. The number of esters is 1. The van der Waals surface area contributed by atoms with Crippen LogP contribution in [0.15, 0.2) is 35.4 Å². The van der Waals surface area contributed by atoms with Crippen LogP contribution >= 0.6 is 0 Å². The molecule has 12 heteroatoms. The predicted octanol–water partition coefficient (Wildman–Crippen LogP) is 3.24. The summed E-state index contributed by atoms with van der Waals surface area (Å²) in [4.78, 5) is 12.5. The van der Waals surface area contributed by atoms with Crippen LogP contribution in [0, 0.1) is 18.3 Å². The molecule has 194 valence electrons. The highest BCUT2D eigenvalue weighted by molar-refractivity contribution is 7.89. The number of aliphatic hydroxyl groups is 1. The highest BCUT2D eigenvalue weighted by Crippen LogP contribution is 2.37. The van der Waals surface area contributed by atoms with Gasteiger partial charge in [0.2, 0.25) is 10.0 Å². The van der Waals surface area contributed by atoms with Gasteiger partial charge in [0.1, 0.15) is 5.60 Å². The number of primary sulfonamides is 1. The standard InChI is InChI=1S/C24H31N5O6S/c1-16-19(10-14-30)29(28-21(16)27-17-5-7-18(8-6-17)36(26,32)33)24(12-13-25)11-9-20(34-15-24)22(31)35-23(2,3)4/h5-8,10,14,20,30H,9,11-12,15H2,1-4H3,(H,27,28)(H2,26,32,33)/t20-,24-/m0/s1. The molecule has 0 bridgehead atoms. The summed E-state index contributed by atoms with van der Waals surface area (Å²) < 4.78 is 36.0. The van der Waals surface area contributed by atoms with Crippen LogP contribution in [0.2, 0.25) is 0 Å². The summed E-state index contributed by atoms with van der Waals surface area (Å²) >= 11 is 0. The molecule has 11 nitrogen and oxygen atoms in total. The fraction of sp³-hybridized carbons (Fsp3) is 0.458. The Balaban J connectivity index is 1.92. The summed E-state index contributed by atoms with van der Waals surface area (Å²) in [7, 11) is -3.82. The van der Waals surface area contributed by atoms with Gasteiger partial charge >= 0.3 is 5.97 Å². The van der Waals surface area contributed by atoms with Crippen molar-refractivity contribution in [1.29, 1.82) is 5.26 Å². The van der Waals surface area contributed by atoms with E-state index in [1.807, 2.05) is 0 Å². The van der Waals surface area contributed by atoms with Crippen LogP contribution < -0.4 is 10.5 Å². The lowest BCUT2D eigenvalue weighted by Crippen LogP contribution is -2.48. The SMILES string of the molecule is Cc1c(Nc2ccc(S(N)(=O)=O)cc2)nn([C@]2(CC#N)CC[C@@H](C(=O)OC(C)(C)C)OC2)c1C=CO. The van der Waals surface area contributed by atoms with Crippen LogP contribution in [0.25, 0.3) is 6.08 Å². The number of anilines is 2. The molecule has 0 radical (unpaired) electrons. The molecule has 3 rings (SSSR count). The summed E-state index contributed by atoms with van der Waals surface area (Å²) in [6.45, 7) is 7.19. The Morgan fingerprint density at radius 3 is 2.58 bits per heavy atom. The van der Waals surface area contributed by atoms with Crippen molar-refractivity contribution in [3.63, 3.8) is 0 Å². The summed E-state index contributed by atoms with van der Waals surface area (Å²) in [6.07, 6.45) is 2.41. The third kappa shape index (κ3) is 6.04. The molecule has 0 amide bonds. The number of hydrogen-bond donors (Lipinski definition) is 3. The van der Waals surface area contributed by atoms with Crippen LogP contribution in [0.3, 0.4) is 0 Å². The first-order valence-electron chi connectivity index (χ1n) is 11.3. The molecule has 0 aliphatic carbocycles. The van der Waals surface area contributed by atoms with Gasteiger partial charge in [0.25, 0.3) is 0 Å². The van der Waals surface area contributed by atoms with E-state index in [0.29, 0.717) is 35.6 Å². The average molecular weight is 518 g/mol. The van der Waals surface area contributed by atoms with E-state index in [9.17, 15) is 23.6 Å². The molecular formula is C24H31N5O6S. The van der Waals surface area contributed by atoms with E-state index in [-0.39, 0.29) is 17.9 Å². The van der Waals surface area contributed by atoms with Gasteiger partial charge in [0.05, 0.1) is 41.5 Å². The molecule has 0 unspecified atom stereocenters. The summed E-state index contributed by atoms with van der Waals surface area (Å²) in [5, 5.41) is 32.2. The molecule has 2 atom stereocenters. The zero-order chi connectivity index (χ0) is 26.7. The molecule has 1 fully saturated rings. The Bertz CT molecular complexity index is 1280. The van der Waals surface area contributed by atoms with Crippen molar-refractivity contribution in [2.45, 2.75) is 69.1 Å². The van der Waals surface area contributed by atoms with Crippen molar-refractivity contribution in [2.75, 3.05) is 11.9 Å². The Hall–Kier alpha value is -3.40. The number of nitrogens with zero attached hydrogens (tertiary/aromatic N) is 3. The Morgan fingerprint density at radius 2 is 2.08 bits per heavy atom. The molecule has 36 heavy (non-hydrogen) atoms. The van der Waals surface area contributed by atoms with E-state index < -0.39 is 33.2 Å². The second-order valence-electron chi connectivity index (χ2n) is 9.71. The van der Waals surface area contributed by atoms with Gasteiger partial charge in [-0.2, -0.15) is 10.4 Å². The molecule has 1 aliphatic rings. The number of aromatic nitrogens is 2. The first-order chi connectivity index (χ1) is 16.8. The minimum absolute atomic E-state index is 0.0222. The zero-order valence-corrected chi connectivity index (χ0v) is 21.5. The van der Waals surface area contributed by atoms with Gasteiger partial charge in [0, 0.05) is 11.3 Å². The number of nitrogens with two attached hydrogens (primary N) is 1. The summed E-state index contributed by atoms with van der Waals surface area (Å²) in [5.41, 5.74) is 0.268. The largest absolute Gasteiger partial charge is 0.516 e. The molecular weight excluding hydrogens is 486 g/mol. The Morgan fingerprint density at radius 1 is 1.42 bits per heavy atom. The first-order valence-corrected chi connectivity index (χ1v) is 12.9. The second kappa shape index (κ2) is 10.3. The van der Waals surface area contributed by atoms with Crippen molar-refractivity contribution in [3.05, 3.63) is 41.8 Å². The molecule has 4 N–H and O–H groups in total. The molecule has 0 saturated carbocycles. The lowest BCUT2D eigenvalue weighted by atomic mass is 9.87. The number of nitriles is 1. The normalized spacial score (nSPS) is 20.7. The van der Waals surface area contributed by atoms with Crippen LogP contribution in [0.1, 0.15) is 51.3 Å². The van der Waals surface area contributed by atoms with E-state index in [2.05, 4.69) is 11.4 Å². The second-order valence-corrected chi connectivity index (χ2v) is 11.3. The number of aliphatic hydroxyl groups excluding tert-OH is 1. The van der Waals surface area contributed by atoms with Gasteiger partial charge in [-0.15, -0.1) is 0 Å². The Labute approximate surface area is 210 Å². The molecule has 2 aromatic rings. The van der Waals surface area contributed by atoms with Crippen molar-refractivity contribution in [2.24, 2.45) is 5.14 Å². The van der Waals surface area contributed by atoms with E-state index in [1.165, 1.54) is 18.2 Å². The third-order valence-corrected chi connectivity index (χ3v) is 6.73. The minimum Gasteiger partial charge on any atom is -0.516 e. The van der Waals surface area contributed by atoms with Gasteiger partial charge in [-0.05, 0) is 70.9 Å². The molecule has 1 aromatic carbocycles. The number of benzene rings is 1. The number of hydrogen-bond acceptors (Lipinski definition) is 9. The first kappa shape index (κ1) is 27.2. The zero-order valence-electron chi connectivity index (χ0n) is 20.7. The lowest BCUT2D eigenvalue weighted by Gasteiger charge is -2.39. The van der Waals surface area contributed by atoms with Crippen molar-refractivity contribution < 1.29 is 27.8 Å². The predicted molar refractivity (Wildman–Crippen MR) is 133 cm³/mol. The Kier molecular flexibility index (Phi) is 7.78. The molecule has 1 saturated heterocycles. The fourth-order valence-corrected chi connectivity index (χ4v) is 4.53. The number of nitrogens with one attached hydrogen (secondary N) is 1. The number of carbonyl (C=O) groups excluding carboxylic acids is 1. The van der Waals surface area contributed by atoms with Crippen molar-refractivity contribution >= 4 is 33.6 Å². The van der Waals surface area contributed by atoms with Gasteiger partial charge < -0.3 is 19.9 Å². The maximum atomic E-state index is 12.5. The maximum Gasteiger partial charge on any atom is 0.335 e. The molecule has 2 heterocycles. The fourth-order valence-electron chi connectivity index (χ4n) is 4.01. The van der Waals surface area contributed by atoms with E-state index in [4.69, 9.17) is 19.7 Å². The number of sulfonamides is 1. The van der Waals surface area contributed by atoms with Crippen LogP contribution in [-0.4, -0.2) is 47.6 Å². The van der Waals surface area contributed by atoms with Gasteiger partial charge in [0.15, 0.2) is 11.9 Å². The smallest absolute Gasteiger partial charge is 0.335 e. The van der Waals surface area contributed by atoms with Crippen LogP contribution in [0.4, 0.5) is 11.5 Å². The van der Waals surface area contributed by atoms with Gasteiger partial charge in [-0.3, -0.25) is 4.68 Å². The highest BCUT2D eigenvalue weighted by atomic mass is 32.2.